The molecule has 2 aliphatic heterocycles. The number of carbonyl (C=O) groups is 2. The second kappa shape index (κ2) is 11.1. The summed E-state index contributed by atoms with van der Waals surface area (Å²) in [6.45, 7) is 6.49. The minimum Gasteiger partial charge on any atom is -0.475 e. The highest BCUT2D eigenvalue weighted by atomic mass is 19.4. The molecule has 10 nitrogen and oxygen atoms in total. The first kappa shape index (κ1) is 28.1. The minimum atomic E-state index is -5.08. The average Bonchev–Trinajstić information content (AvgIpc) is 3.64. The van der Waals surface area contributed by atoms with Gasteiger partial charge < -0.3 is 28.7 Å². The summed E-state index contributed by atoms with van der Waals surface area (Å²) >= 11 is 0. The van der Waals surface area contributed by atoms with Gasteiger partial charge in [-0.3, -0.25) is 4.79 Å². The molecule has 13 heteroatoms. The third kappa shape index (κ3) is 5.22. The van der Waals surface area contributed by atoms with Crippen LogP contribution in [0.5, 0.6) is 0 Å². The quantitative estimate of drug-likeness (QED) is 0.492. The molecule has 3 aromatic heterocycles. The van der Waals surface area contributed by atoms with Crippen LogP contribution in [-0.2, 0) is 21.5 Å². The Morgan fingerprint density at radius 1 is 1.26 bits per heavy atom. The molecule has 39 heavy (non-hydrogen) atoms. The first-order valence-electron chi connectivity index (χ1n) is 12.5. The third-order valence-corrected chi connectivity index (χ3v) is 6.95. The second-order valence-corrected chi connectivity index (χ2v) is 9.38. The van der Waals surface area contributed by atoms with Crippen molar-refractivity contribution < 1.29 is 37.1 Å². The lowest BCUT2D eigenvalue weighted by atomic mass is 9.89. The third-order valence-electron chi connectivity index (χ3n) is 6.95. The molecule has 1 N–H and O–H groups in total. The molecule has 0 aliphatic carbocycles. The maximum absolute atomic E-state index is 13.6. The van der Waals surface area contributed by atoms with Crippen molar-refractivity contribution in [3.05, 3.63) is 59.4 Å². The lowest BCUT2D eigenvalue weighted by Gasteiger charge is -2.47. The number of aromatic nitrogens is 3. The van der Waals surface area contributed by atoms with Crippen LogP contribution in [0.1, 0.15) is 47.3 Å². The van der Waals surface area contributed by atoms with E-state index < -0.39 is 12.1 Å². The minimum absolute atomic E-state index is 0.00542. The normalized spacial score (nSPS) is 18.0. The van der Waals surface area contributed by atoms with Crippen molar-refractivity contribution in [1.82, 2.24) is 19.6 Å². The highest BCUT2D eigenvalue weighted by molar-refractivity contribution is 5.96. The zero-order valence-corrected chi connectivity index (χ0v) is 21.9. The number of rotatable bonds is 6. The van der Waals surface area contributed by atoms with Crippen molar-refractivity contribution in [2.24, 2.45) is 0 Å². The van der Waals surface area contributed by atoms with E-state index in [9.17, 15) is 18.0 Å². The summed E-state index contributed by atoms with van der Waals surface area (Å²) in [5.41, 5.74) is 3.17. The molecule has 1 amide bonds. The van der Waals surface area contributed by atoms with E-state index in [4.69, 9.17) is 19.2 Å². The summed E-state index contributed by atoms with van der Waals surface area (Å²) in [4.78, 5) is 31.5. The van der Waals surface area contributed by atoms with Gasteiger partial charge in [-0.05, 0) is 44.0 Å². The van der Waals surface area contributed by atoms with Gasteiger partial charge in [0.25, 0.3) is 5.91 Å². The van der Waals surface area contributed by atoms with E-state index in [0.717, 1.165) is 36.6 Å². The fraction of sp³-hybridized carbons (Fsp3) is 0.462. The molecular weight excluding hydrogens is 519 g/mol. The van der Waals surface area contributed by atoms with Gasteiger partial charge in [-0.1, -0.05) is 12.1 Å². The molecule has 0 bridgehead atoms. The highest BCUT2D eigenvalue weighted by Gasteiger charge is 2.51. The molecule has 210 valence electrons. The largest absolute Gasteiger partial charge is 0.490 e. The molecule has 2 aliphatic rings. The summed E-state index contributed by atoms with van der Waals surface area (Å²) in [6, 6.07) is 8.29. The number of halogens is 3. The number of aryl methyl sites for hydroxylation is 2. The monoisotopic (exact) mass is 549 g/mol. The van der Waals surface area contributed by atoms with Crippen molar-refractivity contribution in [1.29, 1.82) is 0 Å². The van der Waals surface area contributed by atoms with Gasteiger partial charge in [-0.25, -0.2) is 9.78 Å². The fourth-order valence-electron chi connectivity index (χ4n) is 5.26. The molecule has 5 rings (SSSR count). The maximum Gasteiger partial charge on any atom is 0.490 e. The summed E-state index contributed by atoms with van der Waals surface area (Å²) in [5, 5.41) is 11.2. The number of carbonyl (C=O) groups excluding carboxylic acids is 1. The highest BCUT2D eigenvalue weighted by Crippen LogP contribution is 2.47. The van der Waals surface area contributed by atoms with Crippen LogP contribution in [-0.4, -0.2) is 76.1 Å². The van der Waals surface area contributed by atoms with E-state index in [0.29, 0.717) is 43.1 Å². The van der Waals surface area contributed by atoms with Crippen LogP contribution in [0.15, 0.2) is 41.2 Å². The van der Waals surface area contributed by atoms with Gasteiger partial charge in [0, 0.05) is 45.6 Å². The van der Waals surface area contributed by atoms with Crippen LogP contribution in [0.25, 0.3) is 5.82 Å². The Bertz CT molecular complexity index is 1340. The number of likely N-dealkylation sites (tertiary alicyclic amines) is 1. The van der Waals surface area contributed by atoms with Gasteiger partial charge in [-0.2, -0.15) is 13.2 Å². The first-order chi connectivity index (χ1) is 18.5. The summed E-state index contributed by atoms with van der Waals surface area (Å²) < 4.78 is 44.8. The Kier molecular flexibility index (Phi) is 8.00. The van der Waals surface area contributed by atoms with Crippen LogP contribution in [0.2, 0.25) is 0 Å². The van der Waals surface area contributed by atoms with Crippen molar-refractivity contribution in [3.63, 3.8) is 0 Å². The summed E-state index contributed by atoms with van der Waals surface area (Å²) in [6.07, 6.45) is 1.24. The molecular formula is C26H30F3N5O5. The van der Waals surface area contributed by atoms with Crippen LogP contribution in [0, 0.1) is 6.92 Å². The van der Waals surface area contributed by atoms with Gasteiger partial charge in [-0.15, -0.1) is 0 Å². The average molecular weight is 550 g/mol. The Morgan fingerprint density at radius 2 is 2.00 bits per heavy atom. The van der Waals surface area contributed by atoms with Crippen LogP contribution < -0.4 is 4.90 Å². The number of nitrogens with zero attached hydrogens (tertiary/aromatic N) is 5. The SMILES string of the molecule is CCCc1onc(C)c1C(=O)N1CCC2(C1)c1cccn1-c1ncccc1N2CCOC.O=C(O)C(F)(F)F. The van der Waals surface area contributed by atoms with Gasteiger partial charge in [0.1, 0.15) is 16.9 Å². The van der Waals surface area contributed by atoms with Crippen molar-refractivity contribution in [2.75, 3.05) is 38.3 Å². The number of pyridine rings is 1. The topological polar surface area (TPSA) is 114 Å². The number of fused-ring (bicyclic) bond motifs is 4. The van der Waals surface area contributed by atoms with E-state index in [-0.39, 0.29) is 11.4 Å². The molecule has 0 radical (unpaired) electrons. The molecule has 1 spiro atoms. The van der Waals surface area contributed by atoms with Crippen LogP contribution in [0.4, 0.5) is 18.9 Å². The van der Waals surface area contributed by atoms with Crippen molar-refractivity contribution in [2.45, 2.75) is 44.8 Å². The van der Waals surface area contributed by atoms with Crippen LogP contribution >= 0.6 is 0 Å². The molecule has 0 aromatic carbocycles. The molecule has 3 aromatic rings. The second-order valence-electron chi connectivity index (χ2n) is 9.38. The maximum atomic E-state index is 13.6. The van der Waals surface area contributed by atoms with E-state index in [2.05, 4.69) is 50.9 Å². The molecule has 1 saturated heterocycles. The predicted molar refractivity (Wildman–Crippen MR) is 134 cm³/mol. The molecule has 1 atom stereocenters. The lowest BCUT2D eigenvalue weighted by Crippen LogP contribution is -2.53. The number of carboxylic acids is 1. The van der Waals surface area contributed by atoms with Gasteiger partial charge in [0.15, 0.2) is 5.82 Å². The smallest absolute Gasteiger partial charge is 0.475 e. The molecule has 5 heterocycles. The van der Waals surface area contributed by atoms with Gasteiger partial charge in [0.2, 0.25) is 0 Å². The first-order valence-corrected chi connectivity index (χ1v) is 12.5. The summed E-state index contributed by atoms with van der Waals surface area (Å²) in [5.74, 6) is -1.15. The number of methoxy groups -OCH3 is 1. The van der Waals surface area contributed by atoms with E-state index >= 15 is 0 Å². The van der Waals surface area contributed by atoms with E-state index in [1.54, 1.807) is 7.11 Å². The summed E-state index contributed by atoms with van der Waals surface area (Å²) in [7, 11) is 1.72. The van der Waals surface area contributed by atoms with Gasteiger partial charge in [0.05, 0.1) is 23.7 Å². The number of aliphatic carboxylic acids is 1. The van der Waals surface area contributed by atoms with Gasteiger partial charge >= 0.3 is 12.1 Å². The van der Waals surface area contributed by atoms with E-state index in [1.807, 2.05) is 24.1 Å². The number of hydrogen-bond donors (Lipinski definition) is 1. The molecule has 1 fully saturated rings. The Balaban J connectivity index is 0.000000448. The Hall–Kier alpha value is -3.87. The van der Waals surface area contributed by atoms with Crippen LogP contribution in [0.3, 0.4) is 0 Å². The zero-order chi connectivity index (χ0) is 28.4. The number of anilines is 1. The molecule has 0 saturated carbocycles. The molecule has 1 unspecified atom stereocenters. The fourth-order valence-corrected chi connectivity index (χ4v) is 5.26. The predicted octanol–water partition coefficient (Wildman–Crippen LogP) is 3.96. The zero-order valence-electron chi connectivity index (χ0n) is 21.9. The van der Waals surface area contributed by atoms with E-state index in [1.165, 1.54) is 0 Å². The number of ether oxygens (including phenoxy) is 1. The Labute approximate surface area is 223 Å². The Morgan fingerprint density at radius 3 is 2.67 bits per heavy atom. The van der Waals surface area contributed by atoms with Crippen molar-refractivity contribution >= 4 is 17.6 Å². The number of carboxylic acid groups (broad SMARTS) is 1. The lowest BCUT2D eigenvalue weighted by molar-refractivity contribution is -0.192. The standard InChI is InChI=1S/C24H29N5O3.C2HF3O2/c1-4-7-19-21(17(2)26-32-19)23(30)27-13-10-24(16-27)20-9-6-12-28(20)22-18(8-5-11-25-22)29(24)14-15-31-3;3-2(4,5)1(6)7/h5-6,8-9,11-12H,4,7,10,13-16H2,1-3H3;(H,6,7). The number of alkyl halides is 3. The number of hydrogen-bond acceptors (Lipinski definition) is 7. The van der Waals surface area contributed by atoms with Crippen molar-refractivity contribution in [3.8, 4) is 5.82 Å². The number of amides is 1.